The van der Waals surface area contributed by atoms with Gasteiger partial charge in [0, 0.05) is 10.2 Å². The number of aromatic amines is 1. The Morgan fingerprint density at radius 2 is 2.14 bits per heavy atom. The van der Waals surface area contributed by atoms with Crippen molar-refractivity contribution in [2.75, 3.05) is 0 Å². The number of carboxylic acids is 1. The van der Waals surface area contributed by atoms with Gasteiger partial charge in [0.1, 0.15) is 0 Å². The number of carbonyl (C=O) groups is 1. The predicted molar refractivity (Wildman–Crippen MR) is 86.8 cm³/mol. The van der Waals surface area contributed by atoms with Crippen LogP contribution in [0.3, 0.4) is 0 Å². The van der Waals surface area contributed by atoms with E-state index >= 15 is 0 Å². The summed E-state index contributed by atoms with van der Waals surface area (Å²) in [6, 6.07) is 13.0. The van der Waals surface area contributed by atoms with E-state index in [9.17, 15) is 4.79 Å². The minimum atomic E-state index is -0.935. The van der Waals surface area contributed by atoms with Crippen LogP contribution in [0.25, 0.3) is 11.0 Å². The number of fused-ring (bicyclic) bond motifs is 1. The maximum absolute atomic E-state index is 11.0. The molecule has 3 aromatic rings. The van der Waals surface area contributed by atoms with Crippen LogP contribution in [0.1, 0.15) is 15.9 Å². The van der Waals surface area contributed by atoms with Gasteiger partial charge < -0.3 is 10.1 Å². The minimum absolute atomic E-state index is 0.259. The molecular formula is C15H11BrN2O2S. The van der Waals surface area contributed by atoms with E-state index in [0.29, 0.717) is 0 Å². The van der Waals surface area contributed by atoms with Gasteiger partial charge in [-0.15, -0.1) is 0 Å². The average Bonchev–Trinajstić information content (AvgIpc) is 2.87. The molecular weight excluding hydrogens is 352 g/mol. The molecule has 0 aliphatic heterocycles. The number of aromatic carboxylic acids is 1. The van der Waals surface area contributed by atoms with Gasteiger partial charge in [-0.2, -0.15) is 0 Å². The fourth-order valence-corrected chi connectivity index (χ4v) is 3.24. The summed E-state index contributed by atoms with van der Waals surface area (Å²) in [6.45, 7) is 0. The first kappa shape index (κ1) is 14.2. The van der Waals surface area contributed by atoms with E-state index in [0.717, 1.165) is 26.4 Å². The van der Waals surface area contributed by atoms with Crippen molar-refractivity contribution in [2.24, 2.45) is 0 Å². The summed E-state index contributed by atoms with van der Waals surface area (Å²) in [6.07, 6.45) is 0. The molecule has 1 heterocycles. The number of carboxylic acid groups (broad SMARTS) is 1. The van der Waals surface area contributed by atoms with E-state index in [4.69, 9.17) is 5.11 Å². The van der Waals surface area contributed by atoms with Crippen molar-refractivity contribution in [1.82, 2.24) is 9.97 Å². The van der Waals surface area contributed by atoms with Gasteiger partial charge in [-0.1, -0.05) is 39.8 Å². The molecule has 0 aliphatic rings. The number of nitrogens with one attached hydrogen (secondary N) is 1. The molecule has 2 aromatic carbocycles. The Hall–Kier alpha value is -1.79. The highest BCUT2D eigenvalue weighted by Crippen LogP contribution is 2.24. The Morgan fingerprint density at radius 1 is 1.29 bits per heavy atom. The summed E-state index contributed by atoms with van der Waals surface area (Å²) in [5, 5.41) is 9.77. The summed E-state index contributed by atoms with van der Waals surface area (Å²) >= 11 is 5.04. The van der Waals surface area contributed by atoms with Crippen molar-refractivity contribution in [3.8, 4) is 0 Å². The van der Waals surface area contributed by atoms with Gasteiger partial charge in [-0.05, 0) is 35.9 Å². The topological polar surface area (TPSA) is 66.0 Å². The molecule has 6 heteroatoms. The van der Waals surface area contributed by atoms with Crippen LogP contribution in [-0.2, 0) is 5.75 Å². The van der Waals surface area contributed by atoms with E-state index in [2.05, 4.69) is 38.0 Å². The highest BCUT2D eigenvalue weighted by Gasteiger charge is 2.08. The van der Waals surface area contributed by atoms with Gasteiger partial charge in [-0.3, -0.25) is 0 Å². The van der Waals surface area contributed by atoms with Crippen LogP contribution < -0.4 is 0 Å². The molecule has 0 amide bonds. The molecule has 0 saturated carbocycles. The number of H-pyrrole nitrogens is 1. The Kier molecular flexibility index (Phi) is 3.98. The lowest BCUT2D eigenvalue weighted by Gasteiger charge is -1.99. The van der Waals surface area contributed by atoms with Gasteiger partial charge >= 0.3 is 5.97 Å². The second-order valence-corrected chi connectivity index (χ2v) is 6.38. The second-order valence-electron chi connectivity index (χ2n) is 4.50. The maximum Gasteiger partial charge on any atom is 0.335 e. The predicted octanol–water partition coefficient (Wildman–Crippen LogP) is 4.32. The molecule has 0 atom stereocenters. The highest BCUT2D eigenvalue weighted by atomic mass is 79.9. The maximum atomic E-state index is 11.0. The monoisotopic (exact) mass is 362 g/mol. The Balaban J connectivity index is 1.80. The number of aromatic nitrogens is 2. The van der Waals surface area contributed by atoms with Gasteiger partial charge in [0.2, 0.25) is 0 Å². The Morgan fingerprint density at radius 3 is 2.90 bits per heavy atom. The first-order valence-corrected chi connectivity index (χ1v) is 8.00. The molecule has 1 aromatic heterocycles. The summed E-state index contributed by atoms with van der Waals surface area (Å²) in [4.78, 5) is 18.6. The quantitative estimate of drug-likeness (QED) is 0.678. The molecule has 0 saturated heterocycles. The molecule has 4 nitrogen and oxygen atoms in total. The number of thioether (sulfide) groups is 1. The number of halogens is 1. The lowest BCUT2D eigenvalue weighted by molar-refractivity contribution is 0.0697. The number of imidazole rings is 1. The number of benzene rings is 2. The summed E-state index contributed by atoms with van der Waals surface area (Å²) in [5.41, 5.74) is 2.97. The molecule has 3 rings (SSSR count). The molecule has 0 aliphatic carbocycles. The Bertz CT molecular complexity index is 816. The van der Waals surface area contributed by atoms with Crippen molar-refractivity contribution in [3.63, 3.8) is 0 Å². The van der Waals surface area contributed by atoms with E-state index in [1.807, 2.05) is 12.1 Å². The van der Waals surface area contributed by atoms with Crippen LogP contribution in [0.2, 0.25) is 0 Å². The van der Waals surface area contributed by atoms with Crippen LogP contribution >= 0.6 is 27.7 Å². The van der Waals surface area contributed by atoms with Crippen LogP contribution in [0.15, 0.2) is 52.1 Å². The molecule has 0 fully saturated rings. The third-order valence-electron chi connectivity index (χ3n) is 2.97. The number of hydrogen-bond donors (Lipinski definition) is 2. The van der Waals surface area contributed by atoms with E-state index < -0.39 is 5.97 Å². The fraction of sp³-hybridized carbons (Fsp3) is 0.0667. The molecule has 0 spiro atoms. The summed E-state index contributed by atoms with van der Waals surface area (Å²) in [7, 11) is 0. The van der Waals surface area contributed by atoms with Crippen LogP contribution in [0.4, 0.5) is 0 Å². The van der Waals surface area contributed by atoms with Crippen molar-refractivity contribution in [3.05, 3.63) is 58.1 Å². The number of nitrogens with zero attached hydrogens (tertiary/aromatic N) is 1. The molecule has 0 radical (unpaired) electrons. The third-order valence-corrected chi connectivity index (χ3v) is 4.41. The first-order valence-electron chi connectivity index (χ1n) is 6.22. The van der Waals surface area contributed by atoms with Gasteiger partial charge in [-0.25, -0.2) is 9.78 Å². The number of hydrogen-bond acceptors (Lipinski definition) is 3. The van der Waals surface area contributed by atoms with Gasteiger partial charge in [0.05, 0.1) is 16.6 Å². The normalized spacial score (nSPS) is 10.9. The summed E-state index contributed by atoms with van der Waals surface area (Å²) in [5.74, 6) is -0.139. The van der Waals surface area contributed by atoms with E-state index in [1.54, 1.807) is 30.0 Å². The van der Waals surface area contributed by atoms with Gasteiger partial charge in [0.15, 0.2) is 5.16 Å². The second kappa shape index (κ2) is 5.91. The highest BCUT2D eigenvalue weighted by molar-refractivity contribution is 9.10. The molecule has 106 valence electrons. The van der Waals surface area contributed by atoms with E-state index in [1.165, 1.54) is 5.56 Å². The van der Waals surface area contributed by atoms with Crippen molar-refractivity contribution < 1.29 is 9.90 Å². The van der Waals surface area contributed by atoms with Gasteiger partial charge in [0.25, 0.3) is 0 Å². The van der Waals surface area contributed by atoms with Crippen molar-refractivity contribution >= 4 is 44.7 Å². The van der Waals surface area contributed by atoms with Crippen LogP contribution in [0, 0.1) is 0 Å². The lowest BCUT2D eigenvalue weighted by atomic mass is 10.2. The standard InChI is InChI=1S/C15H11BrN2O2S/c16-11-3-1-2-9(6-11)8-21-15-17-12-5-4-10(14(19)20)7-13(12)18-15/h1-7H,8H2,(H,17,18)(H,19,20). The SMILES string of the molecule is O=C(O)c1ccc2nc(SCc3cccc(Br)c3)[nH]c2c1. The lowest BCUT2D eigenvalue weighted by Crippen LogP contribution is -1.94. The largest absolute Gasteiger partial charge is 0.478 e. The fourth-order valence-electron chi connectivity index (χ4n) is 1.97. The smallest absolute Gasteiger partial charge is 0.335 e. The third kappa shape index (κ3) is 3.28. The average molecular weight is 363 g/mol. The molecule has 0 unspecified atom stereocenters. The van der Waals surface area contributed by atoms with Crippen molar-refractivity contribution in [2.45, 2.75) is 10.9 Å². The summed E-state index contributed by atoms with van der Waals surface area (Å²) < 4.78 is 1.05. The zero-order chi connectivity index (χ0) is 14.8. The molecule has 0 bridgehead atoms. The van der Waals surface area contributed by atoms with Crippen LogP contribution in [0.5, 0.6) is 0 Å². The Labute approximate surface area is 133 Å². The molecule has 21 heavy (non-hydrogen) atoms. The first-order chi connectivity index (χ1) is 10.1. The zero-order valence-corrected chi connectivity index (χ0v) is 13.2. The van der Waals surface area contributed by atoms with Crippen molar-refractivity contribution in [1.29, 1.82) is 0 Å². The minimum Gasteiger partial charge on any atom is -0.478 e. The number of rotatable bonds is 4. The van der Waals surface area contributed by atoms with E-state index in [-0.39, 0.29) is 5.56 Å². The molecule has 2 N–H and O–H groups in total. The zero-order valence-electron chi connectivity index (χ0n) is 10.8. The van der Waals surface area contributed by atoms with Crippen LogP contribution in [-0.4, -0.2) is 21.0 Å².